The van der Waals surface area contributed by atoms with Crippen molar-refractivity contribution in [2.45, 2.75) is 25.1 Å². The molecule has 0 saturated carbocycles. The van der Waals surface area contributed by atoms with Crippen LogP contribution in [-0.4, -0.2) is 16.0 Å². The summed E-state index contributed by atoms with van der Waals surface area (Å²) in [4.78, 5) is 0. The van der Waals surface area contributed by atoms with E-state index >= 15 is 0 Å². The minimum Gasteiger partial charge on any atom is -0.327 e. The lowest BCUT2D eigenvalue weighted by molar-refractivity contribution is 0.610. The second-order valence-corrected chi connectivity index (χ2v) is 5.31. The van der Waals surface area contributed by atoms with Crippen LogP contribution in [-0.2, 0) is 16.6 Å². The molecule has 0 heterocycles. The molecule has 0 spiro atoms. The van der Waals surface area contributed by atoms with Gasteiger partial charge in [-0.3, -0.25) is 4.21 Å². The number of rotatable bonds is 5. The summed E-state index contributed by atoms with van der Waals surface area (Å²) in [5.74, 6) is -0.115. The quantitative estimate of drug-likeness (QED) is 0.869. The number of nitriles is 1. The van der Waals surface area contributed by atoms with Crippen molar-refractivity contribution < 1.29 is 8.60 Å². The maximum absolute atomic E-state index is 13.7. The van der Waals surface area contributed by atoms with E-state index in [0.717, 1.165) is 6.42 Å². The van der Waals surface area contributed by atoms with Gasteiger partial charge in [-0.05, 0) is 12.5 Å². The number of benzene rings is 1. The molecule has 17 heavy (non-hydrogen) atoms. The van der Waals surface area contributed by atoms with Gasteiger partial charge in [0.1, 0.15) is 11.9 Å². The van der Waals surface area contributed by atoms with Gasteiger partial charge in [0.05, 0.1) is 11.3 Å². The van der Waals surface area contributed by atoms with E-state index in [1.54, 1.807) is 18.2 Å². The Kier molecular flexibility index (Phi) is 5.26. The first-order chi connectivity index (χ1) is 8.08. The fourth-order valence-electron chi connectivity index (χ4n) is 1.37. The van der Waals surface area contributed by atoms with Crippen LogP contribution >= 0.6 is 0 Å². The smallest absolute Gasteiger partial charge is 0.145 e. The van der Waals surface area contributed by atoms with Crippen LogP contribution in [0.3, 0.4) is 0 Å². The lowest BCUT2D eigenvalue weighted by Crippen LogP contribution is -2.26. The molecule has 3 nitrogen and oxygen atoms in total. The third-order valence-corrected chi connectivity index (χ3v) is 3.87. The van der Waals surface area contributed by atoms with Gasteiger partial charge in [0.25, 0.3) is 0 Å². The van der Waals surface area contributed by atoms with Gasteiger partial charge >= 0.3 is 0 Å². The summed E-state index contributed by atoms with van der Waals surface area (Å²) >= 11 is 0. The maximum atomic E-state index is 13.7. The van der Waals surface area contributed by atoms with E-state index in [1.165, 1.54) is 6.07 Å². The normalized spacial score (nSPS) is 14.0. The monoisotopic (exact) mass is 254 g/mol. The molecule has 0 saturated heterocycles. The van der Waals surface area contributed by atoms with Gasteiger partial charge in [-0.1, -0.05) is 19.1 Å². The summed E-state index contributed by atoms with van der Waals surface area (Å²) in [5.41, 5.74) is 5.98. The Balaban J connectivity index is 2.76. The van der Waals surface area contributed by atoms with E-state index < -0.39 is 16.6 Å². The lowest BCUT2D eigenvalue weighted by atomic mass is 10.1. The van der Waals surface area contributed by atoms with Crippen LogP contribution < -0.4 is 5.73 Å². The molecular weight excluding hydrogens is 239 g/mol. The van der Waals surface area contributed by atoms with Gasteiger partial charge < -0.3 is 5.73 Å². The Hall–Kier alpha value is -1.25. The maximum Gasteiger partial charge on any atom is 0.145 e. The minimum atomic E-state index is -1.20. The summed E-state index contributed by atoms with van der Waals surface area (Å²) in [7, 11) is -1.20. The number of nitrogens with zero attached hydrogens (tertiary/aromatic N) is 1. The molecule has 2 N–H and O–H groups in total. The highest BCUT2D eigenvalue weighted by Gasteiger charge is 2.12. The van der Waals surface area contributed by atoms with Crippen molar-refractivity contribution in [3.63, 3.8) is 0 Å². The first kappa shape index (κ1) is 13.8. The van der Waals surface area contributed by atoms with Crippen molar-refractivity contribution in [2.75, 3.05) is 5.75 Å². The van der Waals surface area contributed by atoms with Crippen molar-refractivity contribution >= 4 is 10.8 Å². The third kappa shape index (κ3) is 3.91. The highest BCUT2D eigenvalue weighted by atomic mass is 32.2. The van der Waals surface area contributed by atoms with E-state index in [0.29, 0.717) is 11.3 Å². The van der Waals surface area contributed by atoms with Crippen LogP contribution in [0.4, 0.5) is 4.39 Å². The molecule has 92 valence electrons. The van der Waals surface area contributed by atoms with Gasteiger partial charge in [0.2, 0.25) is 0 Å². The Morgan fingerprint density at radius 1 is 1.59 bits per heavy atom. The molecule has 1 rings (SSSR count). The first-order valence-electron chi connectivity index (χ1n) is 5.36. The van der Waals surface area contributed by atoms with Crippen LogP contribution in [0.15, 0.2) is 18.2 Å². The van der Waals surface area contributed by atoms with Gasteiger partial charge in [-0.25, -0.2) is 4.39 Å². The molecular formula is C12H15FN2OS. The number of halogens is 1. The molecule has 0 aromatic heterocycles. The lowest BCUT2D eigenvalue weighted by Gasteiger charge is -2.09. The number of hydrogen-bond donors (Lipinski definition) is 1. The number of hydrogen-bond acceptors (Lipinski definition) is 3. The van der Waals surface area contributed by atoms with E-state index in [1.807, 2.05) is 6.92 Å². The van der Waals surface area contributed by atoms with Crippen molar-refractivity contribution in [3.8, 4) is 6.07 Å². The molecule has 1 aromatic rings. The molecule has 5 heteroatoms. The Bertz CT molecular complexity index is 456. The molecule has 0 amide bonds. The predicted molar refractivity (Wildman–Crippen MR) is 66.1 cm³/mol. The Labute approximate surface area is 103 Å². The van der Waals surface area contributed by atoms with E-state index in [2.05, 4.69) is 0 Å². The third-order valence-electron chi connectivity index (χ3n) is 2.44. The van der Waals surface area contributed by atoms with E-state index in [9.17, 15) is 8.60 Å². The van der Waals surface area contributed by atoms with Crippen molar-refractivity contribution in [1.29, 1.82) is 5.26 Å². The zero-order valence-electron chi connectivity index (χ0n) is 9.65. The van der Waals surface area contributed by atoms with Crippen molar-refractivity contribution in [2.24, 2.45) is 5.73 Å². The van der Waals surface area contributed by atoms with Gasteiger partial charge in [0, 0.05) is 28.2 Å². The summed E-state index contributed by atoms with van der Waals surface area (Å²) in [5, 5.41) is 8.67. The van der Waals surface area contributed by atoms with Crippen LogP contribution in [0.5, 0.6) is 0 Å². The Morgan fingerprint density at radius 2 is 2.29 bits per heavy atom. The van der Waals surface area contributed by atoms with E-state index in [4.69, 9.17) is 11.0 Å². The summed E-state index contributed by atoms with van der Waals surface area (Å²) in [6.45, 7) is 1.92. The SMILES string of the molecule is CCC(N)CS(=O)Cc1cccc(C#N)c1F. The molecule has 0 bridgehead atoms. The Morgan fingerprint density at radius 3 is 2.88 bits per heavy atom. The number of nitrogens with two attached hydrogens (primary N) is 1. The molecule has 2 atom stereocenters. The second-order valence-electron chi connectivity index (χ2n) is 3.81. The van der Waals surface area contributed by atoms with Crippen molar-refractivity contribution in [1.82, 2.24) is 0 Å². The van der Waals surface area contributed by atoms with Crippen LogP contribution in [0.1, 0.15) is 24.5 Å². The molecule has 0 aliphatic rings. The van der Waals surface area contributed by atoms with Gasteiger partial charge in [-0.2, -0.15) is 5.26 Å². The highest BCUT2D eigenvalue weighted by molar-refractivity contribution is 7.84. The molecule has 0 aliphatic heterocycles. The summed E-state index contributed by atoms with van der Waals surface area (Å²) in [6, 6.07) is 6.18. The molecule has 0 radical (unpaired) electrons. The van der Waals surface area contributed by atoms with Crippen molar-refractivity contribution in [3.05, 3.63) is 35.1 Å². The van der Waals surface area contributed by atoms with Gasteiger partial charge in [0.15, 0.2) is 0 Å². The molecule has 0 fully saturated rings. The average Bonchev–Trinajstić information content (AvgIpc) is 2.31. The first-order valence-corrected chi connectivity index (χ1v) is 6.85. The van der Waals surface area contributed by atoms with Crippen LogP contribution in [0, 0.1) is 17.1 Å². The van der Waals surface area contributed by atoms with E-state index in [-0.39, 0.29) is 17.4 Å². The average molecular weight is 254 g/mol. The van der Waals surface area contributed by atoms with Crippen LogP contribution in [0.2, 0.25) is 0 Å². The minimum absolute atomic E-state index is 0.0145. The molecule has 1 aromatic carbocycles. The fraction of sp³-hybridized carbons (Fsp3) is 0.417. The molecule has 0 aliphatic carbocycles. The van der Waals surface area contributed by atoms with Crippen LogP contribution in [0.25, 0.3) is 0 Å². The zero-order chi connectivity index (χ0) is 12.8. The summed E-state index contributed by atoms with van der Waals surface area (Å²) in [6.07, 6.45) is 0.743. The topological polar surface area (TPSA) is 66.9 Å². The predicted octanol–water partition coefficient (Wildman–Crippen LogP) is 1.68. The largest absolute Gasteiger partial charge is 0.327 e. The zero-order valence-corrected chi connectivity index (χ0v) is 10.5. The van der Waals surface area contributed by atoms with Gasteiger partial charge in [-0.15, -0.1) is 0 Å². The fourth-order valence-corrected chi connectivity index (χ4v) is 2.77. The summed E-state index contributed by atoms with van der Waals surface area (Å²) < 4.78 is 25.4. The standard InChI is InChI=1S/C12H15FN2OS/c1-2-11(15)8-17(16)7-10-5-3-4-9(6-14)12(10)13/h3-5,11H,2,7-8,15H2,1H3. The highest BCUT2D eigenvalue weighted by Crippen LogP contribution is 2.14. The molecule has 2 unspecified atom stereocenters. The second kappa shape index (κ2) is 6.48.